The third-order valence-corrected chi connectivity index (χ3v) is 15.1. The SMILES string of the molecule is CNC1(c2ccccc2Cl)CCCCC1=O.CN[C@]1(c2ccccc2Cl)CCCCC1=O.CN[C@]1(c2ccccc2Cl)CCCCC1=O.CN[C@]1(c2ccccc2Cl)CCCCC1=O.Cl.O.S.S.S. The third-order valence-electron chi connectivity index (χ3n) is 13.8. The maximum atomic E-state index is 12.2. The lowest BCUT2D eigenvalue weighted by Gasteiger charge is -2.36. The number of Topliss-reactive ketones (excluding diaryl/α,β-unsaturated/α-hetero) is 4. The standard InChI is InChI=1S/4C13H16ClNO.ClH.H2O.3H2S/c4*1-15-13(9-5-4-8-12(13)16)10-6-2-3-7-11(10)14;;;;;/h4*2-3,6-7,15H,4-5,8-9H2,1H3;1H;4*1H2/t3*13-;;;;;;/m000....../s1. The van der Waals surface area contributed by atoms with E-state index >= 15 is 0 Å². The summed E-state index contributed by atoms with van der Waals surface area (Å²) in [4.78, 5) is 48.7. The fourth-order valence-electron chi connectivity index (χ4n) is 10.1. The predicted molar refractivity (Wildman–Crippen MR) is 305 cm³/mol. The Morgan fingerprint density at radius 1 is 0.348 bits per heavy atom. The van der Waals surface area contributed by atoms with E-state index in [1.165, 1.54) is 0 Å². The Hall–Kier alpha value is -2.14. The second-order valence-corrected chi connectivity index (χ2v) is 18.7. The van der Waals surface area contributed by atoms with Gasteiger partial charge in [0.05, 0.1) is 0 Å². The van der Waals surface area contributed by atoms with Crippen molar-refractivity contribution in [3.8, 4) is 0 Å². The van der Waals surface area contributed by atoms with Gasteiger partial charge in [-0.1, -0.05) is 145 Å². The lowest BCUT2D eigenvalue weighted by Crippen LogP contribution is -2.49. The topological polar surface area (TPSA) is 148 Å². The third kappa shape index (κ3) is 15.0. The van der Waals surface area contributed by atoms with E-state index in [1.54, 1.807) is 0 Å². The first-order chi connectivity index (χ1) is 30.8. The highest BCUT2D eigenvalue weighted by molar-refractivity contribution is 7.59. The quantitative estimate of drug-likeness (QED) is 0.136. The van der Waals surface area contributed by atoms with Crippen molar-refractivity contribution in [3.05, 3.63) is 139 Å². The van der Waals surface area contributed by atoms with Crippen LogP contribution in [0.25, 0.3) is 0 Å². The van der Waals surface area contributed by atoms with Gasteiger partial charge in [-0.3, -0.25) is 19.2 Å². The molecule has 0 heterocycles. The maximum Gasteiger partial charge on any atom is 0.157 e. The first-order valence-electron chi connectivity index (χ1n) is 22.7. The molecule has 384 valence electrons. The summed E-state index contributed by atoms with van der Waals surface area (Å²) in [5, 5.41) is 15.5. The van der Waals surface area contributed by atoms with Crippen LogP contribution >= 0.6 is 99.3 Å². The van der Waals surface area contributed by atoms with E-state index in [0.717, 1.165) is 99.3 Å². The Morgan fingerprint density at radius 3 is 0.667 bits per heavy atom. The smallest absolute Gasteiger partial charge is 0.157 e. The van der Waals surface area contributed by atoms with Crippen LogP contribution in [0.1, 0.15) is 125 Å². The first-order valence-corrected chi connectivity index (χ1v) is 24.2. The van der Waals surface area contributed by atoms with Crippen LogP contribution in [0.15, 0.2) is 97.1 Å². The van der Waals surface area contributed by atoms with Gasteiger partial charge in [0.25, 0.3) is 0 Å². The fraction of sp³-hybridized carbons (Fsp3) is 0.462. The lowest BCUT2D eigenvalue weighted by molar-refractivity contribution is -0.128. The van der Waals surface area contributed by atoms with Crippen molar-refractivity contribution in [1.82, 2.24) is 21.3 Å². The van der Waals surface area contributed by atoms with Gasteiger partial charge in [0, 0.05) is 45.8 Å². The van der Waals surface area contributed by atoms with Crippen molar-refractivity contribution in [2.75, 3.05) is 28.2 Å². The van der Waals surface area contributed by atoms with Gasteiger partial charge in [-0.15, -0.1) is 12.4 Å². The molecule has 4 fully saturated rings. The zero-order valence-corrected chi connectivity index (χ0v) is 46.9. The van der Waals surface area contributed by atoms with Crippen molar-refractivity contribution < 1.29 is 24.7 Å². The molecule has 4 saturated carbocycles. The number of carbonyl (C=O) groups is 4. The van der Waals surface area contributed by atoms with Gasteiger partial charge in [0.1, 0.15) is 22.2 Å². The Labute approximate surface area is 457 Å². The molecule has 0 radical (unpaired) electrons. The van der Waals surface area contributed by atoms with Crippen LogP contribution in [0.4, 0.5) is 0 Å². The zero-order chi connectivity index (χ0) is 46.4. The minimum absolute atomic E-state index is 0. The van der Waals surface area contributed by atoms with Crippen LogP contribution in [0.2, 0.25) is 20.1 Å². The average Bonchev–Trinajstić information content (AvgIpc) is 3.32. The van der Waals surface area contributed by atoms with E-state index in [1.807, 2.05) is 125 Å². The highest BCUT2D eigenvalue weighted by Crippen LogP contribution is 2.41. The molecule has 8 rings (SSSR count). The van der Waals surface area contributed by atoms with Crippen molar-refractivity contribution in [3.63, 3.8) is 0 Å². The lowest BCUT2D eigenvalue weighted by atomic mass is 9.75. The van der Waals surface area contributed by atoms with Gasteiger partial charge >= 0.3 is 0 Å². The molecule has 4 aromatic carbocycles. The number of rotatable bonds is 8. The molecule has 4 aliphatic rings. The Bertz CT molecular complexity index is 1950. The molecule has 9 nitrogen and oxygen atoms in total. The molecule has 4 aliphatic carbocycles. The number of hydrogen-bond donors (Lipinski definition) is 4. The highest BCUT2D eigenvalue weighted by atomic mass is 35.5. The van der Waals surface area contributed by atoms with E-state index in [0.29, 0.717) is 45.8 Å². The van der Waals surface area contributed by atoms with Crippen molar-refractivity contribution in [1.29, 1.82) is 0 Å². The molecule has 69 heavy (non-hydrogen) atoms. The number of hydrogen-bond acceptors (Lipinski definition) is 8. The summed E-state index contributed by atoms with van der Waals surface area (Å²) >= 11 is 24.8. The van der Waals surface area contributed by atoms with Gasteiger partial charge in [-0.05, 0) is 126 Å². The summed E-state index contributed by atoms with van der Waals surface area (Å²) in [6.45, 7) is 0. The Kier molecular flexibility index (Phi) is 30.5. The van der Waals surface area contributed by atoms with Crippen LogP contribution in [0, 0.1) is 0 Å². The number of benzene rings is 4. The Balaban J connectivity index is 0.000000872. The molecule has 0 aliphatic heterocycles. The van der Waals surface area contributed by atoms with Crippen molar-refractivity contribution >= 4 is 122 Å². The highest BCUT2D eigenvalue weighted by Gasteiger charge is 2.44. The number of ketones is 4. The summed E-state index contributed by atoms with van der Waals surface area (Å²) in [7, 11) is 7.36. The second-order valence-electron chi connectivity index (χ2n) is 17.1. The molecule has 0 bridgehead atoms. The average molecular weight is 1110 g/mol. The zero-order valence-electron chi connectivity index (χ0n) is 40.1. The second kappa shape index (κ2) is 31.4. The van der Waals surface area contributed by atoms with Crippen LogP contribution in [0.3, 0.4) is 0 Å². The normalized spacial score (nSPS) is 23.9. The molecule has 4 atom stereocenters. The van der Waals surface area contributed by atoms with E-state index in [9.17, 15) is 19.2 Å². The summed E-state index contributed by atoms with van der Waals surface area (Å²) in [6.07, 6.45) is 14.2. The summed E-state index contributed by atoms with van der Waals surface area (Å²) in [6, 6.07) is 30.5. The van der Waals surface area contributed by atoms with E-state index < -0.39 is 22.2 Å². The van der Waals surface area contributed by atoms with Gasteiger partial charge in [0.15, 0.2) is 23.1 Å². The fourth-order valence-corrected chi connectivity index (χ4v) is 11.3. The van der Waals surface area contributed by atoms with Crippen LogP contribution in [-0.2, 0) is 41.3 Å². The largest absolute Gasteiger partial charge is 0.412 e. The van der Waals surface area contributed by atoms with E-state index in [4.69, 9.17) is 46.4 Å². The molecule has 0 amide bonds. The number of nitrogens with one attached hydrogen (secondary N) is 4. The van der Waals surface area contributed by atoms with E-state index in [-0.39, 0.29) is 81.5 Å². The maximum absolute atomic E-state index is 12.2. The summed E-state index contributed by atoms with van der Waals surface area (Å²) in [5.41, 5.74) is 1.45. The molecular weight excluding hydrogens is 1030 g/mol. The molecule has 4 aromatic rings. The van der Waals surface area contributed by atoms with Crippen molar-refractivity contribution in [2.24, 2.45) is 0 Å². The monoisotopic (exact) mass is 1100 g/mol. The molecule has 6 N–H and O–H groups in total. The molecule has 0 spiro atoms. The summed E-state index contributed by atoms with van der Waals surface area (Å²) < 4.78 is 0. The van der Waals surface area contributed by atoms with Crippen LogP contribution in [-0.4, -0.2) is 56.8 Å². The Morgan fingerprint density at radius 2 is 0.522 bits per heavy atom. The molecule has 0 aromatic heterocycles. The molecular formula is C52H73Cl5N4O5S3. The van der Waals surface area contributed by atoms with Gasteiger partial charge in [-0.25, -0.2) is 0 Å². The van der Waals surface area contributed by atoms with Gasteiger partial charge in [0.2, 0.25) is 0 Å². The van der Waals surface area contributed by atoms with Crippen LogP contribution in [0.5, 0.6) is 0 Å². The number of likely N-dealkylation sites (N-methyl/N-ethyl adjacent to an activating group) is 4. The van der Waals surface area contributed by atoms with E-state index in [2.05, 4.69) is 21.3 Å². The van der Waals surface area contributed by atoms with Gasteiger partial charge in [-0.2, -0.15) is 40.5 Å². The van der Waals surface area contributed by atoms with Gasteiger partial charge < -0.3 is 26.7 Å². The van der Waals surface area contributed by atoms with Crippen molar-refractivity contribution in [2.45, 2.75) is 125 Å². The minimum Gasteiger partial charge on any atom is -0.412 e. The molecule has 1 unspecified atom stereocenters. The number of halogens is 5. The number of carbonyl (C=O) groups excluding carboxylic acids is 4. The molecule has 17 heteroatoms. The summed E-state index contributed by atoms with van der Waals surface area (Å²) in [5.74, 6) is 1.03. The predicted octanol–water partition coefficient (Wildman–Crippen LogP) is 11.5. The van der Waals surface area contributed by atoms with Crippen LogP contribution < -0.4 is 21.3 Å². The first kappa shape index (κ1) is 66.9. The minimum atomic E-state index is -0.559. The molecule has 0 saturated heterocycles.